The largest absolute Gasteiger partial charge is 0.416 e. The molecule has 0 bridgehead atoms. The number of nitrogens with one attached hydrogen (secondary N) is 1. The molecule has 5 nitrogen and oxygen atoms in total. The first-order valence-corrected chi connectivity index (χ1v) is 9.72. The maximum Gasteiger partial charge on any atom is 0.416 e. The van der Waals surface area contributed by atoms with Gasteiger partial charge in [0.25, 0.3) is 0 Å². The van der Waals surface area contributed by atoms with E-state index in [0.717, 1.165) is 46.7 Å². The lowest BCUT2D eigenvalue weighted by Crippen LogP contribution is -2.48. The van der Waals surface area contributed by atoms with E-state index in [1.807, 2.05) is 25.1 Å². The van der Waals surface area contributed by atoms with Crippen LogP contribution >= 0.6 is 0 Å². The molecular weight excluding hydrogens is 379 g/mol. The third-order valence-electron chi connectivity index (χ3n) is 4.71. The van der Waals surface area contributed by atoms with E-state index in [4.69, 9.17) is 0 Å². The van der Waals surface area contributed by atoms with Crippen LogP contribution in [0, 0.1) is 6.92 Å². The zero-order chi connectivity index (χ0) is 19.4. The molecule has 0 spiro atoms. The number of alkyl halides is 3. The Hall–Kier alpha value is -2.39. The summed E-state index contributed by atoms with van der Waals surface area (Å²) >= 11 is 0. The van der Waals surface area contributed by atoms with Crippen LogP contribution < -0.4 is 0 Å². The molecule has 2 heterocycles. The second kappa shape index (κ2) is 6.07. The molecule has 1 N–H and O–H groups in total. The van der Waals surface area contributed by atoms with Gasteiger partial charge < -0.3 is 4.98 Å². The molecule has 0 saturated carbocycles. The van der Waals surface area contributed by atoms with Gasteiger partial charge in [-0.25, -0.2) is 13.4 Å². The fourth-order valence-electron chi connectivity index (χ4n) is 3.11. The Balaban J connectivity index is 1.50. The lowest BCUT2D eigenvalue weighted by atomic mass is 10.0. The normalized spacial score (nSPS) is 16.6. The zero-order valence-corrected chi connectivity index (χ0v) is 15.1. The van der Waals surface area contributed by atoms with Gasteiger partial charge in [0.2, 0.25) is 10.0 Å². The Bertz CT molecular complexity index is 1100. The highest BCUT2D eigenvalue weighted by Crippen LogP contribution is 2.33. The summed E-state index contributed by atoms with van der Waals surface area (Å²) < 4.78 is 64.3. The van der Waals surface area contributed by atoms with Crippen LogP contribution in [0.1, 0.15) is 22.9 Å². The highest BCUT2D eigenvalue weighted by Gasteiger charge is 2.39. The number of hydrogen-bond donors (Lipinski definition) is 1. The number of nitrogens with zero attached hydrogens (tertiary/aromatic N) is 2. The predicted octanol–water partition coefficient (Wildman–Crippen LogP) is 3.68. The van der Waals surface area contributed by atoms with Gasteiger partial charge in [0.05, 0.1) is 21.5 Å². The summed E-state index contributed by atoms with van der Waals surface area (Å²) in [5, 5.41) is 0. The van der Waals surface area contributed by atoms with Crippen LogP contribution in [0.15, 0.2) is 47.4 Å². The Kier molecular flexibility index (Phi) is 4.04. The van der Waals surface area contributed by atoms with Crippen molar-refractivity contribution in [3.05, 3.63) is 59.4 Å². The second-order valence-electron chi connectivity index (χ2n) is 6.68. The van der Waals surface area contributed by atoms with E-state index in [1.54, 1.807) is 0 Å². The summed E-state index contributed by atoms with van der Waals surface area (Å²) in [4.78, 5) is 7.57. The standard InChI is InChI=1S/C18H16F3N3O2S/c1-11-2-7-15-16(8-11)23-17(22-15)12-9-24(10-12)27(25,26)14-5-3-13(4-6-14)18(19,20)21/h2-8,12H,9-10H2,1H3,(H,22,23). The number of sulfonamides is 1. The van der Waals surface area contributed by atoms with Crippen molar-refractivity contribution in [3.63, 3.8) is 0 Å². The quantitative estimate of drug-likeness (QED) is 0.736. The molecule has 1 fully saturated rings. The summed E-state index contributed by atoms with van der Waals surface area (Å²) in [5.41, 5.74) is 1.94. The average Bonchev–Trinajstić information content (AvgIpc) is 2.95. The van der Waals surface area contributed by atoms with E-state index in [0.29, 0.717) is 0 Å². The van der Waals surface area contributed by atoms with Crippen LogP contribution in [-0.4, -0.2) is 35.8 Å². The molecule has 1 aliphatic rings. The number of fused-ring (bicyclic) bond motifs is 1. The van der Waals surface area contributed by atoms with Crippen LogP contribution in [-0.2, 0) is 16.2 Å². The molecule has 0 radical (unpaired) electrons. The van der Waals surface area contributed by atoms with Gasteiger partial charge in [-0.05, 0) is 48.9 Å². The summed E-state index contributed by atoms with van der Waals surface area (Å²) in [5.74, 6) is 0.649. The number of rotatable bonds is 3. The molecule has 1 aromatic heterocycles. The van der Waals surface area contributed by atoms with Crippen LogP contribution in [0.4, 0.5) is 13.2 Å². The molecule has 27 heavy (non-hydrogen) atoms. The van der Waals surface area contributed by atoms with Gasteiger partial charge in [-0.3, -0.25) is 0 Å². The third-order valence-corrected chi connectivity index (χ3v) is 6.56. The van der Waals surface area contributed by atoms with Crippen molar-refractivity contribution in [3.8, 4) is 0 Å². The number of hydrogen-bond acceptors (Lipinski definition) is 3. The fourth-order valence-corrected chi connectivity index (χ4v) is 4.64. The van der Waals surface area contributed by atoms with Crippen molar-refractivity contribution in [1.29, 1.82) is 0 Å². The minimum atomic E-state index is -4.50. The van der Waals surface area contributed by atoms with Crippen LogP contribution in [0.5, 0.6) is 0 Å². The van der Waals surface area contributed by atoms with Crippen LogP contribution in [0.2, 0.25) is 0 Å². The second-order valence-corrected chi connectivity index (χ2v) is 8.62. The molecule has 0 unspecified atom stereocenters. The molecule has 3 aromatic rings. The molecule has 142 valence electrons. The number of imidazole rings is 1. The van der Waals surface area contributed by atoms with Crippen molar-refractivity contribution in [2.45, 2.75) is 23.9 Å². The molecule has 9 heteroatoms. The summed E-state index contributed by atoms with van der Waals surface area (Å²) in [6.45, 7) is 2.45. The minimum Gasteiger partial charge on any atom is -0.342 e. The van der Waals surface area contributed by atoms with E-state index in [9.17, 15) is 21.6 Å². The molecule has 4 rings (SSSR count). The smallest absolute Gasteiger partial charge is 0.342 e. The molecule has 0 atom stereocenters. The highest BCUT2D eigenvalue weighted by atomic mass is 32.2. The van der Waals surface area contributed by atoms with E-state index in [-0.39, 0.29) is 23.9 Å². The van der Waals surface area contributed by atoms with Gasteiger partial charge in [0.15, 0.2) is 0 Å². The van der Waals surface area contributed by atoms with Crippen molar-refractivity contribution in [1.82, 2.24) is 14.3 Å². The van der Waals surface area contributed by atoms with Crippen molar-refractivity contribution in [2.24, 2.45) is 0 Å². The van der Waals surface area contributed by atoms with Crippen LogP contribution in [0.3, 0.4) is 0 Å². The molecule has 0 amide bonds. The Morgan fingerprint density at radius 3 is 2.41 bits per heavy atom. The average molecular weight is 395 g/mol. The van der Waals surface area contributed by atoms with Crippen molar-refractivity contribution < 1.29 is 21.6 Å². The topological polar surface area (TPSA) is 66.1 Å². The number of aromatic amines is 1. The minimum absolute atomic E-state index is 0.0677. The Morgan fingerprint density at radius 2 is 1.78 bits per heavy atom. The lowest BCUT2D eigenvalue weighted by Gasteiger charge is -2.36. The molecule has 2 aromatic carbocycles. The first-order valence-electron chi connectivity index (χ1n) is 8.28. The van der Waals surface area contributed by atoms with Gasteiger partial charge in [0, 0.05) is 19.0 Å². The zero-order valence-electron chi connectivity index (χ0n) is 14.3. The third kappa shape index (κ3) is 3.21. The van der Waals surface area contributed by atoms with E-state index in [2.05, 4.69) is 9.97 Å². The first-order chi connectivity index (χ1) is 12.6. The maximum absolute atomic E-state index is 12.6. The summed E-state index contributed by atoms with van der Waals surface area (Å²) in [6.07, 6.45) is -4.50. The van der Waals surface area contributed by atoms with Gasteiger partial charge in [-0.15, -0.1) is 0 Å². The fraction of sp³-hybridized carbons (Fsp3) is 0.278. The van der Waals surface area contributed by atoms with E-state index in [1.165, 1.54) is 4.31 Å². The number of H-pyrrole nitrogens is 1. The van der Waals surface area contributed by atoms with Crippen molar-refractivity contribution >= 4 is 21.1 Å². The van der Waals surface area contributed by atoms with E-state index >= 15 is 0 Å². The Morgan fingerprint density at radius 1 is 1.11 bits per heavy atom. The first kappa shape index (κ1) is 18.0. The Labute approximate surface area is 153 Å². The number of aromatic nitrogens is 2. The predicted molar refractivity (Wildman–Crippen MR) is 93.8 cm³/mol. The van der Waals surface area contributed by atoms with E-state index < -0.39 is 21.8 Å². The number of aryl methyl sites for hydroxylation is 1. The lowest BCUT2D eigenvalue weighted by molar-refractivity contribution is -0.137. The van der Waals surface area contributed by atoms with Crippen LogP contribution in [0.25, 0.3) is 11.0 Å². The monoisotopic (exact) mass is 395 g/mol. The summed E-state index contributed by atoms with van der Waals surface area (Å²) in [7, 11) is -3.82. The molecule has 1 saturated heterocycles. The number of benzene rings is 2. The summed E-state index contributed by atoms with van der Waals surface area (Å²) in [6, 6.07) is 9.39. The van der Waals surface area contributed by atoms with Gasteiger partial charge in [0.1, 0.15) is 5.82 Å². The molecule has 1 aliphatic heterocycles. The SMILES string of the molecule is Cc1ccc2nc(C3CN(S(=O)(=O)c4ccc(C(F)(F)F)cc4)C3)[nH]c2c1. The highest BCUT2D eigenvalue weighted by molar-refractivity contribution is 7.89. The van der Waals surface area contributed by atoms with Gasteiger partial charge in [-0.1, -0.05) is 6.07 Å². The molecular formula is C18H16F3N3O2S. The van der Waals surface area contributed by atoms with Crippen molar-refractivity contribution in [2.75, 3.05) is 13.1 Å². The number of halogens is 3. The van der Waals surface area contributed by atoms with Gasteiger partial charge >= 0.3 is 6.18 Å². The maximum atomic E-state index is 12.6. The van der Waals surface area contributed by atoms with Gasteiger partial charge in [-0.2, -0.15) is 17.5 Å². The molecule has 0 aliphatic carbocycles.